The van der Waals surface area contributed by atoms with E-state index in [1.54, 1.807) is 6.08 Å². The molecule has 1 saturated heterocycles. The summed E-state index contributed by atoms with van der Waals surface area (Å²) in [7, 11) is -3.77. The molecule has 126 valence electrons. The molecule has 2 rings (SSSR count). The lowest BCUT2D eigenvalue weighted by atomic mass is 10.1. The fourth-order valence-corrected chi connectivity index (χ4v) is 4.36. The summed E-state index contributed by atoms with van der Waals surface area (Å²) in [5, 5.41) is 3.26. The standard InChI is InChI=1S/C16H21ClN2O3S/c1-2-3-12-19(15-6-4-5-11-18-16(15)20)23(21,22)14-9-7-13(17)8-10-14/h2,7-10,15H,1,3-6,11-12H2,(H,18,20)/t15-/m1/s1. The highest BCUT2D eigenvalue weighted by molar-refractivity contribution is 7.89. The Kier molecular flexibility index (Phi) is 6.21. The zero-order chi connectivity index (χ0) is 16.9. The summed E-state index contributed by atoms with van der Waals surface area (Å²) in [6, 6.07) is 5.32. The third-order valence-corrected chi connectivity index (χ3v) is 6.00. The fourth-order valence-electron chi connectivity index (χ4n) is 2.60. The summed E-state index contributed by atoms with van der Waals surface area (Å²) in [6.07, 6.45) is 4.33. The predicted octanol–water partition coefficient (Wildman–Crippen LogP) is 2.58. The molecule has 1 heterocycles. The van der Waals surface area contributed by atoms with Crippen LogP contribution in [0.15, 0.2) is 41.8 Å². The Morgan fingerprint density at radius 1 is 1.30 bits per heavy atom. The molecule has 1 aliphatic heterocycles. The van der Waals surface area contributed by atoms with E-state index in [1.165, 1.54) is 28.6 Å². The van der Waals surface area contributed by atoms with E-state index in [2.05, 4.69) is 11.9 Å². The molecule has 7 heteroatoms. The number of hydrogen-bond donors (Lipinski definition) is 1. The van der Waals surface area contributed by atoms with Crippen molar-refractivity contribution in [3.05, 3.63) is 41.9 Å². The highest BCUT2D eigenvalue weighted by Crippen LogP contribution is 2.24. The van der Waals surface area contributed by atoms with E-state index in [4.69, 9.17) is 11.6 Å². The van der Waals surface area contributed by atoms with Crippen molar-refractivity contribution in [2.24, 2.45) is 0 Å². The number of rotatable bonds is 6. The first-order valence-electron chi connectivity index (χ1n) is 7.63. The molecule has 1 aliphatic rings. The molecule has 1 N–H and O–H groups in total. The summed E-state index contributed by atoms with van der Waals surface area (Å²) < 4.78 is 27.2. The van der Waals surface area contributed by atoms with Crippen LogP contribution < -0.4 is 5.32 Å². The number of carbonyl (C=O) groups is 1. The van der Waals surface area contributed by atoms with Gasteiger partial charge in [-0.1, -0.05) is 17.7 Å². The van der Waals surface area contributed by atoms with Crippen LogP contribution in [-0.4, -0.2) is 37.8 Å². The first-order chi connectivity index (χ1) is 11.0. The van der Waals surface area contributed by atoms with Gasteiger partial charge in [0.1, 0.15) is 6.04 Å². The summed E-state index contributed by atoms with van der Waals surface area (Å²) >= 11 is 5.83. The van der Waals surface area contributed by atoms with Crippen LogP contribution in [0.4, 0.5) is 0 Å². The number of benzene rings is 1. The van der Waals surface area contributed by atoms with Crippen LogP contribution in [0.5, 0.6) is 0 Å². The van der Waals surface area contributed by atoms with Gasteiger partial charge in [0.25, 0.3) is 0 Å². The Balaban J connectivity index is 2.37. The van der Waals surface area contributed by atoms with Gasteiger partial charge in [-0.3, -0.25) is 4.79 Å². The number of nitrogens with one attached hydrogen (secondary N) is 1. The van der Waals surface area contributed by atoms with Gasteiger partial charge in [0.2, 0.25) is 15.9 Å². The first-order valence-corrected chi connectivity index (χ1v) is 9.44. The van der Waals surface area contributed by atoms with Crippen molar-refractivity contribution in [3.8, 4) is 0 Å². The number of amides is 1. The number of sulfonamides is 1. The van der Waals surface area contributed by atoms with Gasteiger partial charge in [-0.05, 0) is 49.9 Å². The minimum atomic E-state index is -3.77. The van der Waals surface area contributed by atoms with Gasteiger partial charge in [-0.25, -0.2) is 8.42 Å². The van der Waals surface area contributed by atoms with E-state index in [-0.39, 0.29) is 17.3 Å². The van der Waals surface area contributed by atoms with Crippen LogP contribution in [0, 0.1) is 0 Å². The Labute approximate surface area is 142 Å². The van der Waals surface area contributed by atoms with E-state index >= 15 is 0 Å². The fraction of sp³-hybridized carbons (Fsp3) is 0.438. The maximum atomic E-state index is 13.0. The Hall–Kier alpha value is -1.37. The molecular formula is C16H21ClN2O3S. The summed E-state index contributed by atoms with van der Waals surface area (Å²) in [5.74, 6) is -0.232. The van der Waals surface area contributed by atoms with Crippen LogP contribution in [0.1, 0.15) is 25.7 Å². The molecule has 0 unspecified atom stereocenters. The van der Waals surface area contributed by atoms with E-state index in [0.717, 1.165) is 12.8 Å². The normalized spacial score (nSPS) is 19.2. The lowest BCUT2D eigenvalue weighted by molar-refractivity contribution is -0.124. The highest BCUT2D eigenvalue weighted by Gasteiger charge is 2.35. The largest absolute Gasteiger partial charge is 0.355 e. The van der Waals surface area contributed by atoms with Gasteiger partial charge in [-0.15, -0.1) is 6.58 Å². The molecule has 0 spiro atoms. The van der Waals surface area contributed by atoms with Crippen LogP contribution >= 0.6 is 11.6 Å². The third kappa shape index (κ3) is 4.34. The maximum absolute atomic E-state index is 13.0. The molecule has 1 aromatic carbocycles. The van der Waals surface area contributed by atoms with E-state index in [1.807, 2.05) is 0 Å². The van der Waals surface area contributed by atoms with Crippen molar-refractivity contribution in [1.29, 1.82) is 0 Å². The monoisotopic (exact) mass is 356 g/mol. The van der Waals surface area contributed by atoms with Gasteiger partial charge in [0, 0.05) is 18.1 Å². The Morgan fingerprint density at radius 3 is 2.65 bits per heavy atom. The minimum Gasteiger partial charge on any atom is -0.355 e. The molecule has 1 atom stereocenters. The summed E-state index contributed by atoms with van der Waals surface area (Å²) in [4.78, 5) is 12.4. The topological polar surface area (TPSA) is 66.5 Å². The van der Waals surface area contributed by atoms with Crippen molar-refractivity contribution in [2.75, 3.05) is 13.1 Å². The van der Waals surface area contributed by atoms with Gasteiger partial charge in [-0.2, -0.15) is 4.31 Å². The summed E-state index contributed by atoms with van der Waals surface area (Å²) in [5.41, 5.74) is 0. The van der Waals surface area contributed by atoms with Crippen molar-refractivity contribution in [3.63, 3.8) is 0 Å². The van der Waals surface area contributed by atoms with E-state index in [9.17, 15) is 13.2 Å². The molecule has 1 amide bonds. The van der Waals surface area contributed by atoms with Gasteiger partial charge in [0.15, 0.2) is 0 Å². The molecule has 1 aromatic rings. The lowest BCUT2D eigenvalue weighted by Crippen LogP contribution is -2.48. The molecular weight excluding hydrogens is 336 g/mol. The summed E-state index contributed by atoms with van der Waals surface area (Å²) in [6.45, 7) is 4.46. The number of carbonyl (C=O) groups excluding carboxylic acids is 1. The number of hydrogen-bond acceptors (Lipinski definition) is 3. The number of nitrogens with zero attached hydrogens (tertiary/aromatic N) is 1. The second-order valence-electron chi connectivity index (χ2n) is 5.45. The van der Waals surface area contributed by atoms with Crippen molar-refractivity contribution >= 4 is 27.5 Å². The zero-order valence-electron chi connectivity index (χ0n) is 12.9. The van der Waals surface area contributed by atoms with E-state index < -0.39 is 16.1 Å². The SMILES string of the molecule is C=CCCN([C@@H]1CCCCNC1=O)S(=O)(=O)c1ccc(Cl)cc1. The highest BCUT2D eigenvalue weighted by atomic mass is 35.5. The zero-order valence-corrected chi connectivity index (χ0v) is 14.4. The smallest absolute Gasteiger partial charge is 0.243 e. The van der Waals surface area contributed by atoms with Crippen molar-refractivity contribution < 1.29 is 13.2 Å². The molecule has 0 aliphatic carbocycles. The Morgan fingerprint density at radius 2 is 2.00 bits per heavy atom. The van der Waals surface area contributed by atoms with Crippen molar-refractivity contribution in [1.82, 2.24) is 9.62 Å². The molecule has 0 saturated carbocycles. The second-order valence-corrected chi connectivity index (χ2v) is 7.78. The van der Waals surface area contributed by atoms with Gasteiger partial charge >= 0.3 is 0 Å². The average Bonchev–Trinajstić information content (AvgIpc) is 2.73. The van der Waals surface area contributed by atoms with Gasteiger partial charge < -0.3 is 5.32 Å². The average molecular weight is 357 g/mol. The van der Waals surface area contributed by atoms with Crippen LogP contribution in [0.2, 0.25) is 5.02 Å². The molecule has 23 heavy (non-hydrogen) atoms. The Bertz CT molecular complexity index is 658. The molecule has 0 bridgehead atoms. The van der Waals surface area contributed by atoms with Gasteiger partial charge in [0.05, 0.1) is 4.90 Å². The maximum Gasteiger partial charge on any atom is 0.243 e. The predicted molar refractivity (Wildman–Crippen MR) is 90.8 cm³/mol. The first kappa shape index (κ1) is 18.0. The van der Waals surface area contributed by atoms with Crippen molar-refractivity contribution in [2.45, 2.75) is 36.6 Å². The number of halogens is 1. The van der Waals surface area contributed by atoms with Crippen LogP contribution in [-0.2, 0) is 14.8 Å². The lowest BCUT2D eigenvalue weighted by Gasteiger charge is -2.28. The van der Waals surface area contributed by atoms with E-state index in [0.29, 0.717) is 24.4 Å². The third-order valence-electron chi connectivity index (χ3n) is 3.83. The minimum absolute atomic E-state index is 0.142. The molecule has 5 nitrogen and oxygen atoms in total. The molecule has 0 radical (unpaired) electrons. The van der Waals surface area contributed by atoms with Crippen LogP contribution in [0.25, 0.3) is 0 Å². The molecule has 0 aromatic heterocycles. The molecule has 1 fully saturated rings. The quantitative estimate of drug-likeness (QED) is 0.796. The van der Waals surface area contributed by atoms with Crippen LogP contribution in [0.3, 0.4) is 0 Å². The second kappa shape index (κ2) is 7.95.